The van der Waals surface area contributed by atoms with Gasteiger partial charge in [-0.3, -0.25) is 9.59 Å². The topological polar surface area (TPSA) is 70.0 Å². The molecule has 0 atom stereocenters. The molecule has 2 saturated heterocycles. The summed E-state index contributed by atoms with van der Waals surface area (Å²) in [4.78, 5) is 33.6. The van der Waals surface area contributed by atoms with E-state index in [1.165, 1.54) is 18.9 Å². The zero-order valence-electron chi connectivity index (χ0n) is 22.6. The maximum absolute atomic E-state index is 15.8. The summed E-state index contributed by atoms with van der Waals surface area (Å²) in [7, 11) is 2.01. The Bertz CT molecular complexity index is 1700. The Hall–Kier alpha value is -3.95. The second kappa shape index (κ2) is 9.91. The van der Waals surface area contributed by atoms with Crippen LogP contribution in [-0.2, 0) is 0 Å². The van der Waals surface area contributed by atoms with E-state index in [9.17, 15) is 9.59 Å². The van der Waals surface area contributed by atoms with Gasteiger partial charge in [0.15, 0.2) is 17.3 Å². The zero-order valence-corrected chi connectivity index (χ0v) is 22.6. The van der Waals surface area contributed by atoms with Gasteiger partial charge in [0, 0.05) is 50.9 Å². The van der Waals surface area contributed by atoms with Crippen molar-refractivity contribution in [2.24, 2.45) is 0 Å². The summed E-state index contributed by atoms with van der Waals surface area (Å²) in [6.07, 6.45) is 3.99. The monoisotopic (exact) mass is 541 g/mol. The van der Waals surface area contributed by atoms with Gasteiger partial charge in [-0.25, -0.2) is 4.39 Å². The van der Waals surface area contributed by atoms with Crippen LogP contribution in [0.3, 0.4) is 0 Å². The van der Waals surface area contributed by atoms with Gasteiger partial charge in [0.2, 0.25) is 5.43 Å². The summed E-state index contributed by atoms with van der Waals surface area (Å²) in [5, 5.41) is 5.26. The SMILES string of the molecule is CN1CCN(C(=O)c2cn3c4c(c(NCCN5CCCC5)c(F)cc4c2=O)Oc2c-3ccc3ccccc23)CC1. The molecule has 206 valence electrons. The Balaban J connectivity index is 1.40. The molecule has 1 N–H and O–H groups in total. The normalized spacial score (nSPS) is 17.3. The summed E-state index contributed by atoms with van der Waals surface area (Å²) in [6, 6.07) is 13.0. The van der Waals surface area contributed by atoms with Crippen LogP contribution in [0.1, 0.15) is 23.2 Å². The number of pyridine rings is 1. The standard InChI is InChI=1S/C31H32FN5O3/c1-34-14-16-36(17-15-34)31(39)23-19-37-25-9-8-20-6-2-3-7-21(20)29(25)40-30-26(33-10-13-35-11-4-5-12-35)24(32)18-22(27(30)37)28(23)38/h2-3,6-9,18-19,33H,4-5,10-17H2,1H3. The Kier molecular flexibility index (Phi) is 6.20. The van der Waals surface area contributed by atoms with E-state index < -0.39 is 11.2 Å². The van der Waals surface area contributed by atoms with Crippen molar-refractivity contribution in [1.29, 1.82) is 0 Å². The van der Waals surface area contributed by atoms with Crippen LogP contribution in [0.25, 0.3) is 27.4 Å². The average molecular weight is 542 g/mol. The molecule has 3 aromatic carbocycles. The molecule has 9 heteroatoms. The van der Waals surface area contributed by atoms with Crippen molar-refractivity contribution in [3.05, 3.63) is 70.3 Å². The van der Waals surface area contributed by atoms with Crippen LogP contribution in [-0.4, -0.2) is 84.6 Å². The number of likely N-dealkylation sites (tertiary alicyclic amines) is 1. The smallest absolute Gasteiger partial charge is 0.259 e. The van der Waals surface area contributed by atoms with Crippen LogP contribution in [0.4, 0.5) is 10.1 Å². The van der Waals surface area contributed by atoms with Gasteiger partial charge in [-0.05, 0) is 50.5 Å². The predicted molar refractivity (Wildman–Crippen MR) is 155 cm³/mol. The average Bonchev–Trinajstić information content (AvgIpc) is 3.49. The minimum Gasteiger partial charge on any atom is -0.450 e. The molecule has 0 saturated carbocycles. The van der Waals surface area contributed by atoms with Gasteiger partial charge < -0.3 is 29.3 Å². The summed E-state index contributed by atoms with van der Waals surface area (Å²) in [5.74, 6) is -0.0504. The lowest BCUT2D eigenvalue weighted by atomic mass is 10.0. The lowest BCUT2D eigenvalue weighted by molar-refractivity contribution is 0.0662. The molecule has 4 heterocycles. The van der Waals surface area contributed by atoms with Crippen LogP contribution >= 0.6 is 0 Å². The van der Waals surface area contributed by atoms with E-state index in [0.717, 1.165) is 43.5 Å². The van der Waals surface area contributed by atoms with Crippen molar-refractivity contribution in [2.45, 2.75) is 12.8 Å². The number of aromatic nitrogens is 1. The lowest BCUT2D eigenvalue weighted by Crippen LogP contribution is -2.48. The number of anilines is 1. The van der Waals surface area contributed by atoms with E-state index in [2.05, 4.69) is 15.1 Å². The number of rotatable bonds is 5. The molecule has 1 aromatic heterocycles. The number of hydrogen-bond acceptors (Lipinski definition) is 6. The molecule has 3 aliphatic rings. The van der Waals surface area contributed by atoms with Crippen molar-refractivity contribution in [3.63, 3.8) is 0 Å². The minimum absolute atomic E-state index is 0.0400. The number of nitrogens with one attached hydrogen (secondary N) is 1. The number of halogens is 1. The molecule has 40 heavy (non-hydrogen) atoms. The Morgan fingerprint density at radius 3 is 2.55 bits per heavy atom. The van der Waals surface area contributed by atoms with Gasteiger partial charge >= 0.3 is 0 Å². The highest BCUT2D eigenvalue weighted by Gasteiger charge is 2.31. The third kappa shape index (κ3) is 4.12. The Morgan fingerprint density at radius 2 is 1.75 bits per heavy atom. The third-order valence-electron chi connectivity index (χ3n) is 8.47. The maximum atomic E-state index is 15.8. The van der Waals surface area contributed by atoms with Crippen LogP contribution in [0.5, 0.6) is 11.5 Å². The fourth-order valence-corrected chi connectivity index (χ4v) is 6.19. The summed E-state index contributed by atoms with van der Waals surface area (Å²) in [6.45, 7) is 5.99. The summed E-state index contributed by atoms with van der Waals surface area (Å²) < 4.78 is 24.2. The highest BCUT2D eigenvalue weighted by atomic mass is 19.1. The number of carbonyl (C=O) groups is 1. The van der Waals surface area contributed by atoms with E-state index in [1.807, 2.05) is 48.0 Å². The second-order valence-electron chi connectivity index (χ2n) is 11.0. The quantitative estimate of drug-likeness (QED) is 0.358. The van der Waals surface area contributed by atoms with E-state index >= 15 is 4.39 Å². The Morgan fingerprint density at radius 1 is 0.975 bits per heavy atom. The van der Waals surface area contributed by atoms with E-state index in [0.29, 0.717) is 36.6 Å². The molecule has 0 spiro atoms. The number of benzene rings is 3. The lowest BCUT2D eigenvalue weighted by Gasteiger charge is -2.33. The Labute approximate surface area is 231 Å². The number of likely N-dealkylation sites (N-methyl/N-ethyl adjacent to an activating group) is 1. The number of amides is 1. The number of carbonyl (C=O) groups excluding carboxylic acids is 1. The van der Waals surface area contributed by atoms with E-state index in [-0.39, 0.29) is 28.3 Å². The maximum Gasteiger partial charge on any atom is 0.259 e. The van der Waals surface area contributed by atoms with E-state index in [4.69, 9.17) is 4.74 Å². The van der Waals surface area contributed by atoms with Crippen molar-refractivity contribution >= 4 is 33.3 Å². The first-order valence-corrected chi connectivity index (χ1v) is 14.1. The molecule has 8 nitrogen and oxygen atoms in total. The molecular weight excluding hydrogens is 509 g/mol. The highest BCUT2D eigenvalue weighted by Crippen LogP contribution is 2.47. The van der Waals surface area contributed by atoms with Crippen LogP contribution < -0.4 is 15.5 Å². The van der Waals surface area contributed by atoms with Crippen LogP contribution in [0.2, 0.25) is 0 Å². The first kappa shape index (κ1) is 25.0. The van der Waals surface area contributed by atoms with Gasteiger partial charge in [0.25, 0.3) is 5.91 Å². The molecule has 0 bridgehead atoms. The van der Waals surface area contributed by atoms with Crippen LogP contribution in [0, 0.1) is 5.82 Å². The molecule has 3 aliphatic heterocycles. The minimum atomic E-state index is -0.569. The van der Waals surface area contributed by atoms with Gasteiger partial charge in [-0.1, -0.05) is 30.3 Å². The van der Waals surface area contributed by atoms with Crippen LogP contribution in [0.15, 0.2) is 53.5 Å². The van der Waals surface area contributed by atoms with Crippen molar-refractivity contribution in [1.82, 2.24) is 19.3 Å². The fourth-order valence-electron chi connectivity index (χ4n) is 6.19. The largest absolute Gasteiger partial charge is 0.450 e. The molecule has 7 rings (SSSR count). The predicted octanol–water partition coefficient (Wildman–Crippen LogP) is 4.28. The van der Waals surface area contributed by atoms with E-state index in [1.54, 1.807) is 11.1 Å². The molecule has 4 aromatic rings. The highest BCUT2D eigenvalue weighted by molar-refractivity contribution is 6.03. The molecule has 0 aliphatic carbocycles. The molecule has 0 unspecified atom stereocenters. The molecule has 0 radical (unpaired) electrons. The van der Waals surface area contributed by atoms with Gasteiger partial charge in [-0.15, -0.1) is 0 Å². The van der Waals surface area contributed by atoms with Gasteiger partial charge in [0.05, 0.1) is 11.1 Å². The van der Waals surface area contributed by atoms with Crippen molar-refractivity contribution in [2.75, 3.05) is 64.7 Å². The fraction of sp³-hybridized carbons (Fsp3) is 0.355. The second-order valence-corrected chi connectivity index (χ2v) is 11.0. The van der Waals surface area contributed by atoms with Crippen molar-refractivity contribution < 1.29 is 13.9 Å². The number of piperazine rings is 1. The number of hydrogen-bond donors (Lipinski definition) is 1. The third-order valence-corrected chi connectivity index (χ3v) is 8.47. The molecule has 2 fully saturated rings. The summed E-state index contributed by atoms with van der Waals surface area (Å²) >= 11 is 0. The van der Waals surface area contributed by atoms with Crippen molar-refractivity contribution in [3.8, 4) is 17.2 Å². The molecular formula is C31H32FN5O3. The number of ether oxygens (including phenoxy) is 1. The first-order chi connectivity index (χ1) is 19.5. The zero-order chi connectivity index (χ0) is 27.4. The number of nitrogens with zero attached hydrogens (tertiary/aromatic N) is 4. The summed E-state index contributed by atoms with van der Waals surface area (Å²) in [5.41, 5.74) is 0.965. The molecule has 1 amide bonds. The van der Waals surface area contributed by atoms with Gasteiger partial charge in [0.1, 0.15) is 16.8 Å². The van der Waals surface area contributed by atoms with Gasteiger partial charge in [-0.2, -0.15) is 0 Å². The number of fused-ring (bicyclic) bond motifs is 4. The first-order valence-electron chi connectivity index (χ1n) is 14.1.